The molecule has 2 rings (SSSR count). The molecule has 3 nitrogen and oxygen atoms in total. The average Bonchev–Trinajstić information content (AvgIpc) is 2.54. The minimum atomic E-state index is -0.0605. The SMILES string of the molecule is CC1(CC2CCCCN2)NCCO1. The standard InChI is InChI=1S/C10H20N2O/c1-10(12-6-7-13-10)8-9-4-2-3-5-11-9/h9,11-12H,2-8H2,1H3. The lowest BCUT2D eigenvalue weighted by Crippen LogP contribution is -2.46. The van der Waals surface area contributed by atoms with Crippen molar-refractivity contribution in [2.75, 3.05) is 19.7 Å². The van der Waals surface area contributed by atoms with Crippen LogP contribution in [0.25, 0.3) is 0 Å². The molecule has 0 radical (unpaired) electrons. The third kappa shape index (κ3) is 2.42. The van der Waals surface area contributed by atoms with E-state index in [9.17, 15) is 0 Å². The summed E-state index contributed by atoms with van der Waals surface area (Å²) < 4.78 is 5.69. The summed E-state index contributed by atoms with van der Waals surface area (Å²) in [6, 6.07) is 0.657. The lowest BCUT2D eigenvalue weighted by Gasteiger charge is -2.31. The number of piperidine rings is 1. The predicted molar refractivity (Wildman–Crippen MR) is 52.6 cm³/mol. The smallest absolute Gasteiger partial charge is 0.118 e. The fourth-order valence-electron chi connectivity index (χ4n) is 2.34. The molecule has 2 N–H and O–H groups in total. The highest BCUT2D eigenvalue weighted by Crippen LogP contribution is 2.22. The van der Waals surface area contributed by atoms with E-state index in [1.165, 1.54) is 25.8 Å². The molecular weight excluding hydrogens is 164 g/mol. The highest BCUT2D eigenvalue weighted by Gasteiger charge is 2.32. The molecule has 2 saturated heterocycles. The van der Waals surface area contributed by atoms with E-state index in [1.807, 2.05) is 0 Å². The van der Waals surface area contributed by atoms with E-state index in [0.717, 1.165) is 19.6 Å². The van der Waals surface area contributed by atoms with Gasteiger partial charge in [-0.2, -0.15) is 0 Å². The van der Waals surface area contributed by atoms with Crippen LogP contribution in [-0.4, -0.2) is 31.5 Å². The molecule has 2 unspecified atom stereocenters. The first kappa shape index (κ1) is 9.44. The predicted octanol–water partition coefficient (Wildman–Crippen LogP) is 0.855. The van der Waals surface area contributed by atoms with Gasteiger partial charge < -0.3 is 10.1 Å². The lowest BCUT2D eigenvalue weighted by atomic mass is 9.97. The molecule has 2 atom stereocenters. The Morgan fingerprint density at radius 1 is 1.38 bits per heavy atom. The summed E-state index contributed by atoms with van der Waals surface area (Å²) in [5, 5.41) is 6.97. The van der Waals surface area contributed by atoms with Crippen LogP contribution < -0.4 is 10.6 Å². The van der Waals surface area contributed by atoms with E-state index in [0.29, 0.717) is 6.04 Å². The van der Waals surface area contributed by atoms with E-state index in [2.05, 4.69) is 17.6 Å². The molecule has 0 spiro atoms. The highest BCUT2D eigenvalue weighted by atomic mass is 16.5. The van der Waals surface area contributed by atoms with Gasteiger partial charge in [-0.15, -0.1) is 0 Å². The summed E-state index contributed by atoms with van der Waals surface area (Å²) in [5.41, 5.74) is -0.0605. The molecule has 2 heterocycles. The van der Waals surface area contributed by atoms with E-state index < -0.39 is 0 Å². The summed E-state index contributed by atoms with van der Waals surface area (Å²) in [4.78, 5) is 0. The van der Waals surface area contributed by atoms with Gasteiger partial charge in [0.15, 0.2) is 0 Å². The van der Waals surface area contributed by atoms with Crippen LogP contribution in [0.4, 0.5) is 0 Å². The number of nitrogens with one attached hydrogen (secondary N) is 2. The van der Waals surface area contributed by atoms with Crippen molar-refractivity contribution in [3.05, 3.63) is 0 Å². The van der Waals surface area contributed by atoms with Gasteiger partial charge >= 0.3 is 0 Å². The Morgan fingerprint density at radius 3 is 2.92 bits per heavy atom. The number of rotatable bonds is 2. The second kappa shape index (κ2) is 3.95. The van der Waals surface area contributed by atoms with Gasteiger partial charge in [0, 0.05) is 19.0 Å². The van der Waals surface area contributed by atoms with Crippen molar-refractivity contribution in [3.8, 4) is 0 Å². The second-order valence-electron chi connectivity index (χ2n) is 4.36. The van der Waals surface area contributed by atoms with E-state index in [1.54, 1.807) is 0 Å². The molecule has 76 valence electrons. The van der Waals surface area contributed by atoms with Crippen molar-refractivity contribution in [2.45, 2.75) is 44.4 Å². The van der Waals surface area contributed by atoms with Gasteiger partial charge in [0.2, 0.25) is 0 Å². The summed E-state index contributed by atoms with van der Waals surface area (Å²) in [6.07, 6.45) is 5.11. The lowest BCUT2D eigenvalue weighted by molar-refractivity contribution is -0.0104. The minimum absolute atomic E-state index is 0.0605. The normalized spacial score (nSPS) is 40.8. The summed E-state index contributed by atoms with van der Waals surface area (Å²) in [5.74, 6) is 0. The first-order valence-electron chi connectivity index (χ1n) is 5.41. The Labute approximate surface area is 80.2 Å². The van der Waals surface area contributed by atoms with Crippen LogP contribution in [0.3, 0.4) is 0 Å². The van der Waals surface area contributed by atoms with Crippen LogP contribution in [0.5, 0.6) is 0 Å². The fraction of sp³-hybridized carbons (Fsp3) is 1.00. The molecule has 0 aromatic heterocycles. The first-order chi connectivity index (χ1) is 6.29. The van der Waals surface area contributed by atoms with Gasteiger partial charge in [-0.3, -0.25) is 5.32 Å². The van der Waals surface area contributed by atoms with Crippen LogP contribution in [0.1, 0.15) is 32.6 Å². The molecule has 0 aromatic carbocycles. The summed E-state index contributed by atoms with van der Waals surface area (Å²) >= 11 is 0. The molecular formula is C10H20N2O. The largest absolute Gasteiger partial charge is 0.360 e. The molecule has 0 bridgehead atoms. The number of ether oxygens (including phenoxy) is 1. The zero-order valence-electron chi connectivity index (χ0n) is 8.44. The maximum absolute atomic E-state index is 5.69. The Bertz CT molecular complexity index is 160. The van der Waals surface area contributed by atoms with Gasteiger partial charge in [-0.1, -0.05) is 6.42 Å². The molecule has 3 heteroatoms. The highest BCUT2D eigenvalue weighted by molar-refractivity contribution is 4.85. The maximum Gasteiger partial charge on any atom is 0.118 e. The molecule has 2 aliphatic rings. The number of hydrogen-bond acceptors (Lipinski definition) is 3. The zero-order valence-corrected chi connectivity index (χ0v) is 8.44. The van der Waals surface area contributed by atoms with Crippen LogP contribution >= 0.6 is 0 Å². The average molecular weight is 184 g/mol. The summed E-state index contributed by atoms with van der Waals surface area (Å²) in [7, 11) is 0. The van der Waals surface area contributed by atoms with E-state index in [4.69, 9.17) is 4.74 Å². The van der Waals surface area contributed by atoms with Crippen LogP contribution in [0, 0.1) is 0 Å². The van der Waals surface area contributed by atoms with Crippen molar-refractivity contribution in [3.63, 3.8) is 0 Å². The maximum atomic E-state index is 5.69. The van der Waals surface area contributed by atoms with Crippen molar-refractivity contribution < 1.29 is 4.74 Å². The molecule has 13 heavy (non-hydrogen) atoms. The monoisotopic (exact) mass is 184 g/mol. The Kier molecular flexibility index (Phi) is 2.86. The van der Waals surface area contributed by atoms with Gasteiger partial charge in [0.25, 0.3) is 0 Å². The van der Waals surface area contributed by atoms with Gasteiger partial charge in [0.1, 0.15) is 5.72 Å². The fourth-order valence-corrected chi connectivity index (χ4v) is 2.34. The second-order valence-corrected chi connectivity index (χ2v) is 4.36. The molecule has 0 aliphatic carbocycles. The first-order valence-corrected chi connectivity index (χ1v) is 5.41. The number of hydrogen-bond donors (Lipinski definition) is 2. The van der Waals surface area contributed by atoms with E-state index >= 15 is 0 Å². The third-order valence-corrected chi connectivity index (χ3v) is 3.07. The van der Waals surface area contributed by atoms with Gasteiger partial charge in [-0.05, 0) is 26.3 Å². The van der Waals surface area contributed by atoms with Crippen LogP contribution in [-0.2, 0) is 4.74 Å². The van der Waals surface area contributed by atoms with Crippen molar-refractivity contribution in [1.29, 1.82) is 0 Å². The molecule has 2 aliphatic heterocycles. The molecule has 0 amide bonds. The minimum Gasteiger partial charge on any atom is -0.360 e. The van der Waals surface area contributed by atoms with Crippen LogP contribution in [0.15, 0.2) is 0 Å². The Hall–Kier alpha value is -0.120. The Balaban J connectivity index is 1.81. The molecule has 2 fully saturated rings. The van der Waals surface area contributed by atoms with Crippen molar-refractivity contribution in [1.82, 2.24) is 10.6 Å². The quantitative estimate of drug-likeness (QED) is 0.667. The molecule has 0 aromatic rings. The van der Waals surface area contributed by atoms with Crippen molar-refractivity contribution in [2.24, 2.45) is 0 Å². The van der Waals surface area contributed by atoms with E-state index in [-0.39, 0.29) is 5.72 Å². The third-order valence-electron chi connectivity index (χ3n) is 3.07. The van der Waals surface area contributed by atoms with Crippen LogP contribution in [0.2, 0.25) is 0 Å². The topological polar surface area (TPSA) is 33.3 Å². The summed E-state index contributed by atoms with van der Waals surface area (Å²) in [6.45, 7) is 5.21. The zero-order chi connectivity index (χ0) is 9.15. The van der Waals surface area contributed by atoms with Gasteiger partial charge in [-0.25, -0.2) is 0 Å². The van der Waals surface area contributed by atoms with Gasteiger partial charge in [0.05, 0.1) is 6.61 Å². The molecule has 0 saturated carbocycles. The van der Waals surface area contributed by atoms with Crippen molar-refractivity contribution >= 4 is 0 Å². The Morgan fingerprint density at radius 2 is 2.31 bits per heavy atom.